The van der Waals surface area contributed by atoms with Crippen LogP contribution in [-0.4, -0.2) is 43.3 Å². The van der Waals surface area contributed by atoms with Crippen LogP contribution in [0.2, 0.25) is 0 Å². The van der Waals surface area contributed by atoms with Crippen LogP contribution in [0.15, 0.2) is 71.9 Å². The molecule has 0 saturated heterocycles. The molecule has 0 saturated carbocycles. The van der Waals surface area contributed by atoms with E-state index in [9.17, 15) is 9.59 Å². The highest BCUT2D eigenvalue weighted by molar-refractivity contribution is 6.01. The Kier molecular flexibility index (Phi) is 6.89. The molecule has 3 rings (SSSR count). The minimum atomic E-state index is -0.501. The van der Waals surface area contributed by atoms with Crippen molar-refractivity contribution >= 4 is 17.6 Å². The second-order valence-electron chi connectivity index (χ2n) is 6.63. The van der Waals surface area contributed by atoms with Crippen molar-refractivity contribution in [1.29, 1.82) is 0 Å². The smallest absolute Gasteiger partial charge is 0.355 e. The molecular formula is C23H26N2O4. The molecule has 0 aliphatic carbocycles. The molecule has 0 aromatic heterocycles. The topological polar surface area (TPSA) is 59.1 Å². The van der Waals surface area contributed by atoms with Gasteiger partial charge in [0, 0.05) is 12.2 Å². The number of carbonyl (C=O) groups excluding carboxylic acids is 2. The second kappa shape index (κ2) is 9.78. The number of benzene rings is 2. The molecule has 0 N–H and O–H groups in total. The van der Waals surface area contributed by atoms with Gasteiger partial charge >= 0.3 is 11.9 Å². The highest BCUT2D eigenvalue weighted by Gasteiger charge is 2.34. The van der Waals surface area contributed by atoms with Gasteiger partial charge in [0.2, 0.25) is 0 Å². The Labute approximate surface area is 171 Å². The lowest BCUT2D eigenvalue weighted by Gasteiger charge is -2.39. The van der Waals surface area contributed by atoms with Gasteiger partial charge in [0.05, 0.1) is 32.0 Å². The molecule has 0 spiro atoms. The molecule has 29 heavy (non-hydrogen) atoms. The van der Waals surface area contributed by atoms with E-state index in [-0.39, 0.29) is 25.5 Å². The van der Waals surface area contributed by atoms with Gasteiger partial charge in [-0.1, -0.05) is 48.5 Å². The van der Waals surface area contributed by atoms with E-state index in [4.69, 9.17) is 9.47 Å². The molecule has 1 aliphatic heterocycles. The summed E-state index contributed by atoms with van der Waals surface area (Å²) in [7, 11) is 0. The number of anilines is 1. The molecule has 0 radical (unpaired) electrons. The Hall–Kier alpha value is -3.28. The maximum absolute atomic E-state index is 12.8. The third kappa shape index (κ3) is 4.96. The summed E-state index contributed by atoms with van der Waals surface area (Å²) in [5.74, 6) is -0.992. The number of nitrogens with zero attached hydrogens (tertiary/aromatic N) is 2. The van der Waals surface area contributed by atoms with E-state index in [1.54, 1.807) is 13.8 Å². The predicted molar refractivity (Wildman–Crippen MR) is 111 cm³/mol. The maximum Gasteiger partial charge on any atom is 0.355 e. The van der Waals surface area contributed by atoms with Gasteiger partial charge < -0.3 is 19.3 Å². The average Bonchev–Trinajstić information content (AvgIpc) is 2.75. The molecule has 2 aromatic carbocycles. The van der Waals surface area contributed by atoms with Crippen LogP contribution >= 0.6 is 0 Å². The average molecular weight is 394 g/mol. The first-order valence-electron chi connectivity index (χ1n) is 9.80. The summed E-state index contributed by atoms with van der Waals surface area (Å²) in [6, 6.07) is 19.7. The molecule has 6 heteroatoms. The standard InChI is InChI=1S/C23H26N2O4/c1-3-28-22(26)20-16-24(19-13-9-6-10-14-19)17-25(21(20)23(27)29-4-2)15-18-11-7-5-8-12-18/h5-14H,3-4,15-17H2,1-2H3. The summed E-state index contributed by atoms with van der Waals surface area (Å²) in [6.07, 6.45) is 0. The Balaban J connectivity index is 2.04. The summed E-state index contributed by atoms with van der Waals surface area (Å²) in [5.41, 5.74) is 2.60. The summed E-state index contributed by atoms with van der Waals surface area (Å²) in [4.78, 5) is 29.5. The monoisotopic (exact) mass is 394 g/mol. The molecule has 0 unspecified atom stereocenters. The fourth-order valence-corrected chi connectivity index (χ4v) is 3.36. The zero-order valence-electron chi connectivity index (χ0n) is 16.8. The first kappa shape index (κ1) is 20.5. The van der Waals surface area contributed by atoms with Crippen LogP contribution in [0.5, 0.6) is 0 Å². The van der Waals surface area contributed by atoms with Gasteiger partial charge in [-0.3, -0.25) is 0 Å². The van der Waals surface area contributed by atoms with Crippen molar-refractivity contribution in [2.24, 2.45) is 0 Å². The molecule has 0 bridgehead atoms. The van der Waals surface area contributed by atoms with Crippen LogP contribution in [0, 0.1) is 0 Å². The SMILES string of the molecule is CCOC(=O)C1=C(C(=O)OCC)N(Cc2ccccc2)CN(c2ccccc2)C1. The minimum Gasteiger partial charge on any atom is -0.463 e. The van der Waals surface area contributed by atoms with Crippen LogP contribution < -0.4 is 4.90 Å². The first-order valence-corrected chi connectivity index (χ1v) is 9.80. The van der Waals surface area contributed by atoms with E-state index in [1.165, 1.54) is 0 Å². The highest BCUT2D eigenvalue weighted by Crippen LogP contribution is 2.27. The van der Waals surface area contributed by atoms with Crippen LogP contribution in [0.3, 0.4) is 0 Å². The zero-order valence-corrected chi connectivity index (χ0v) is 16.8. The lowest BCUT2D eigenvalue weighted by atomic mass is 10.1. The van der Waals surface area contributed by atoms with E-state index >= 15 is 0 Å². The van der Waals surface area contributed by atoms with Crippen molar-refractivity contribution in [3.63, 3.8) is 0 Å². The normalized spacial score (nSPS) is 14.0. The van der Waals surface area contributed by atoms with E-state index in [0.29, 0.717) is 18.8 Å². The zero-order chi connectivity index (χ0) is 20.6. The lowest BCUT2D eigenvalue weighted by molar-refractivity contribution is -0.143. The van der Waals surface area contributed by atoms with Crippen LogP contribution in [0.1, 0.15) is 19.4 Å². The molecule has 0 fully saturated rings. The van der Waals surface area contributed by atoms with Gasteiger partial charge in [-0.05, 0) is 31.5 Å². The van der Waals surface area contributed by atoms with Gasteiger partial charge in [-0.2, -0.15) is 0 Å². The lowest BCUT2D eigenvalue weighted by Crippen LogP contribution is -2.47. The predicted octanol–water partition coefficient (Wildman–Crippen LogP) is 3.35. The van der Waals surface area contributed by atoms with Crippen molar-refractivity contribution < 1.29 is 19.1 Å². The third-order valence-electron chi connectivity index (χ3n) is 4.62. The summed E-state index contributed by atoms with van der Waals surface area (Å²) >= 11 is 0. The van der Waals surface area contributed by atoms with Crippen molar-refractivity contribution in [3.8, 4) is 0 Å². The van der Waals surface area contributed by atoms with Gasteiger partial charge in [-0.15, -0.1) is 0 Å². The Bertz CT molecular complexity index is 865. The molecule has 1 aliphatic rings. The number of hydrogen-bond donors (Lipinski definition) is 0. The summed E-state index contributed by atoms with van der Waals surface area (Å²) in [6.45, 7) is 5.19. The van der Waals surface area contributed by atoms with E-state index in [2.05, 4.69) is 4.90 Å². The van der Waals surface area contributed by atoms with Crippen molar-refractivity contribution in [3.05, 3.63) is 77.5 Å². The van der Waals surface area contributed by atoms with Gasteiger partial charge in [0.15, 0.2) is 0 Å². The molecule has 152 valence electrons. The fraction of sp³-hybridized carbons (Fsp3) is 0.304. The molecule has 1 heterocycles. The molecule has 0 atom stereocenters. The van der Waals surface area contributed by atoms with Gasteiger partial charge in [0.25, 0.3) is 0 Å². The van der Waals surface area contributed by atoms with E-state index in [0.717, 1.165) is 11.3 Å². The largest absolute Gasteiger partial charge is 0.463 e. The number of rotatable bonds is 7. The van der Waals surface area contributed by atoms with Crippen molar-refractivity contribution in [2.45, 2.75) is 20.4 Å². The quantitative estimate of drug-likeness (QED) is 0.672. The minimum absolute atomic E-state index is 0.236. The number of carbonyl (C=O) groups is 2. The summed E-state index contributed by atoms with van der Waals surface area (Å²) < 4.78 is 10.5. The number of esters is 2. The Morgan fingerprint density at radius 1 is 0.862 bits per heavy atom. The Morgan fingerprint density at radius 3 is 2.07 bits per heavy atom. The fourth-order valence-electron chi connectivity index (χ4n) is 3.36. The van der Waals surface area contributed by atoms with Crippen molar-refractivity contribution in [1.82, 2.24) is 4.90 Å². The van der Waals surface area contributed by atoms with Crippen LogP contribution in [0.25, 0.3) is 0 Å². The molecule has 2 aromatic rings. The Morgan fingerprint density at radius 2 is 1.45 bits per heavy atom. The van der Waals surface area contributed by atoms with Crippen molar-refractivity contribution in [2.75, 3.05) is 31.3 Å². The third-order valence-corrected chi connectivity index (χ3v) is 4.62. The van der Waals surface area contributed by atoms with Crippen LogP contribution in [0.4, 0.5) is 5.69 Å². The maximum atomic E-state index is 12.8. The highest BCUT2D eigenvalue weighted by atomic mass is 16.5. The second-order valence-corrected chi connectivity index (χ2v) is 6.63. The van der Waals surface area contributed by atoms with E-state index < -0.39 is 11.9 Å². The number of para-hydroxylation sites is 1. The number of hydrogen-bond acceptors (Lipinski definition) is 6. The molecule has 6 nitrogen and oxygen atoms in total. The van der Waals surface area contributed by atoms with Crippen LogP contribution in [-0.2, 0) is 25.6 Å². The molecular weight excluding hydrogens is 368 g/mol. The first-order chi connectivity index (χ1) is 14.1. The number of ether oxygens (including phenoxy) is 2. The van der Waals surface area contributed by atoms with Gasteiger partial charge in [-0.25, -0.2) is 9.59 Å². The summed E-state index contributed by atoms with van der Waals surface area (Å²) in [5, 5.41) is 0. The molecule has 0 amide bonds. The van der Waals surface area contributed by atoms with E-state index in [1.807, 2.05) is 65.6 Å². The van der Waals surface area contributed by atoms with Gasteiger partial charge in [0.1, 0.15) is 5.70 Å².